The summed E-state index contributed by atoms with van der Waals surface area (Å²) in [5, 5.41) is 3.55. The summed E-state index contributed by atoms with van der Waals surface area (Å²) in [5.41, 5.74) is 1.65. The number of halogens is 1. The van der Waals surface area contributed by atoms with Crippen LogP contribution in [0.3, 0.4) is 0 Å². The summed E-state index contributed by atoms with van der Waals surface area (Å²) in [6, 6.07) is 12.4. The Labute approximate surface area is 157 Å². The van der Waals surface area contributed by atoms with Crippen molar-refractivity contribution in [2.24, 2.45) is 0 Å². The van der Waals surface area contributed by atoms with E-state index in [2.05, 4.69) is 10.0 Å². The molecule has 0 bridgehead atoms. The minimum atomic E-state index is -3.34. The van der Waals surface area contributed by atoms with E-state index in [-0.39, 0.29) is 5.91 Å². The number of carbonyl (C=O) groups excluding carboxylic acids is 1. The maximum absolute atomic E-state index is 12.2. The van der Waals surface area contributed by atoms with E-state index in [1.807, 2.05) is 24.3 Å². The highest BCUT2D eigenvalue weighted by Gasteiger charge is 2.09. The Kier molecular flexibility index (Phi) is 6.75. The smallest absolute Gasteiger partial charge is 0.251 e. The van der Waals surface area contributed by atoms with Crippen LogP contribution >= 0.6 is 23.4 Å². The third-order valence-electron chi connectivity index (χ3n) is 3.25. The van der Waals surface area contributed by atoms with Crippen molar-refractivity contribution in [2.75, 3.05) is 23.3 Å². The molecule has 5 nitrogen and oxygen atoms in total. The lowest BCUT2D eigenvalue weighted by molar-refractivity contribution is 0.0956. The Morgan fingerprint density at radius 1 is 1.16 bits per heavy atom. The molecular weight excluding hydrogens is 380 g/mol. The minimum absolute atomic E-state index is 0.189. The quantitative estimate of drug-likeness (QED) is 0.552. The summed E-state index contributed by atoms with van der Waals surface area (Å²) in [4.78, 5) is 13.3. The summed E-state index contributed by atoms with van der Waals surface area (Å²) < 4.78 is 25.0. The molecule has 0 aliphatic heterocycles. The van der Waals surface area contributed by atoms with Crippen LogP contribution in [0.25, 0.3) is 0 Å². The molecule has 0 spiro atoms. The second-order valence-corrected chi connectivity index (χ2v) is 8.82. The maximum atomic E-state index is 12.2. The standard InChI is InChI=1S/C17H19ClN2O3S2/c1-12-11-13(3-8-16(12)20-25(2,22)23)17(21)19-9-10-24-15-6-4-14(18)5-7-15/h3-8,11,20H,9-10H2,1-2H3,(H,19,21). The van der Waals surface area contributed by atoms with Crippen LogP contribution in [0.4, 0.5) is 5.69 Å². The maximum Gasteiger partial charge on any atom is 0.251 e. The Hall–Kier alpha value is -1.70. The molecule has 0 atom stereocenters. The molecule has 134 valence electrons. The number of rotatable bonds is 7. The number of carbonyl (C=O) groups is 1. The van der Waals surface area contributed by atoms with Gasteiger partial charge in [0.15, 0.2) is 0 Å². The van der Waals surface area contributed by atoms with Crippen LogP contribution in [0.5, 0.6) is 0 Å². The molecule has 0 unspecified atom stereocenters. The van der Waals surface area contributed by atoms with E-state index in [0.29, 0.717) is 28.4 Å². The number of nitrogens with one attached hydrogen (secondary N) is 2. The first-order valence-corrected chi connectivity index (χ1v) is 10.7. The summed E-state index contributed by atoms with van der Waals surface area (Å²) in [7, 11) is -3.34. The largest absolute Gasteiger partial charge is 0.351 e. The second-order valence-electron chi connectivity index (χ2n) is 5.46. The van der Waals surface area contributed by atoms with E-state index in [1.165, 1.54) is 0 Å². The molecule has 8 heteroatoms. The van der Waals surface area contributed by atoms with Gasteiger partial charge in [-0.05, 0) is 55.0 Å². The van der Waals surface area contributed by atoms with Crippen molar-refractivity contribution in [3.05, 3.63) is 58.6 Å². The average molecular weight is 399 g/mol. The molecule has 0 saturated carbocycles. The van der Waals surface area contributed by atoms with Gasteiger partial charge in [0, 0.05) is 27.8 Å². The van der Waals surface area contributed by atoms with E-state index < -0.39 is 10.0 Å². The second kappa shape index (κ2) is 8.60. The van der Waals surface area contributed by atoms with Gasteiger partial charge in [-0.3, -0.25) is 9.52 Å². The summed E-state index contributed by atoms with van der Waals surface area (Å²) in [6.45, 7) is 2.27. The summed E-state index contributed by atoms with van der Waals surface area (Å²) in [6.07, 6.45) is 1.09. The van der Waals surface area contributed by atoms with E-state index in [4.69, 9.17) is 11.6 Å². The number of amides is 1. The molecule has 0 aromatic heterocycles. The van der Waals surface area contributed by atoms with E-state index in [9.17, 15) is 13.2 Å². The molecule has 2 rings (SSSR count). The Balaban J connectivity index is 1.86. The first kappa shape index (κ1) is 19.6. The van der Waals surface area contributed by atoms with Crippen molar-refractivity contribution in [2.45, 2.75) is 11.8 Å². The zero-order valence-electron chi connectivity index (χ0n) is 13.9. The van der Waals surface area contributed by atoms with Gasteiger partial charge in [-0.1, -0.05) is 11.6 Å². The van der Waals surface area contributed by atoms with Crippen LogP contribution in [-0.2, 0) is 10.0 Å². The topological polar surface area (TPSA) is 75.3 Å². The van der Waals surface area contributed by atoms with E-state index in [1.54, 1.807) is 36.9 Å². The van der Waals surface area contributed by atoms with Gasteiger partial charge in [-0.15, -0.1) is 11.8 Å². The fourth-order valence-corrected chi connectivity index (χ4v) is 3.61. The predicted molar refractivity (Wildman–Crippen MR) is 104 cm³/mol. The predicted octanol–water partition coefficient (Wildman–Crippen LogP) is 3.54. The zero-order chi connectivity index (χ0) is 18.4. The Morgan fingerprint density at radius 2 is 1.84 bits per heavy atom. The Bertz CT molecular complexity index is 853. The van der Waals surface area contributed by atoms with Crippen LogP contribution in [0.1, 0.15) is 15.9 Å². The Morgan fingerprint density at radius 3 is 2.44 bits per heavy atom. The number of aryl methyl sites for hydroxylation is 1. The lowest BCUT2D eigenvalue weighted by atomic mass is 10.1. The molecule has 2 aromatic rings. The molecule has 25 heavy (non-hydrogen) atoms. The molecular formula is C17H19ClN2O3S2. The first-order valence-electron chi connectivity index (χ1n) is 7.49. The third kappa shape index (κ3) is 6.61. The highest BCUT2D eigenvalue weighted by Crippen LogP contribution is 2.20. The minimum Gasteiger partial charge on any atom is -0.351 e. The fourth-order valence-electron chi connectivity index (χ4n) is 2.09. The molecule has 0 radical (unpaired) electrons. The number of benzene rings is 2. The molecule has 0 aliphatic rings. The number of sulfonamides is 1. The lowest BCUT2D eigenvalue weighted by Crippen LogP contribution is -2.25. The van der Waals surface area contributed by atoms with Crippen LogP contribution < -0.4 is 10.0 Å². The third-order valence-corrected chi connectivity index (χ3v) is 5.11. The van der Waals surface area contributed by atoms with Crippen molar-refractivity contribution in [1.29, 1.82) is 0 Å². The van der Waals surface area contributed by atoms with E-state index >= 15 is 0 Å². The molecule has 0 heterocycles. The zero-order valence-corrected chi connectivity index (χ0v) is 16.3. The number of hydrogen-bond acceptors (Lipinski definition) is 4. The van der Waals surface area contributed by atoms with Crippen LogP contribution in [0, 0.1) is 6.92 Å². The summed E-state index contributed by atoms with van der Waals surface area (Å²) >= 11 is 7.47. The van der Waals surface area contributed by atoms with Gasteiger partial charge in [-0.2, -0.15) is 0 Å². The highest BCUT2D eigenvalue weighted by molar-refractivity contribution is 7.99. The summed E-state index contributed by atoms with van der Waals surface area (Å²) in [5.74, 6) is 0.547. The van der Waals surface area contributed by atoms with Gasteiger partial charge < -0.3 is 5.32 Å². The molecule has 1 amide bonds. The molecule has 0 fully saturated rings. The van der Waals surface area contributed by atoms with Crippen molar-refractivity contribution in [1.82, 2.24) is 5.32 Å². The van der Waals surface area contributed by atoms with Crippen molar-refractivity contribution in [3.8, 4) is 0 Å². The monoisotopic (exact) mass is 398 g/mol. The van der Waals surface area contributed by atoms with Crippen LogP contribution in [0.2, 0.25) is 5.02 Å². The number of anilines is 1. The number of hydrogen-bond donors (Lipinski definition) is 2. The van der Waals surface area contributed by atoms with Crippen molar-refractivity contribution < 1.29 is 13.2 Å². The van der Waals surface area contributed by atoms with Crippen LogP contribution in [0.15, 0.2) is 47.4 Å². The lowest BCUT2D eigenvalue weighted by Gasteiger charge is -2.10. The molecule has 2 N–H and O–H groups in total. The highest BCUT2D eigenvalue weighted by atomic mass is 35.5. The SMILES string of the molecule is Cc1cc(C(=O)NCCSc2ccc(Cl)cc2)ccc1NS(C)(=O)=O. The molecule has 0 aliphatic carbocycles. The van der Waals surface area contributed by atoms with Gasteiger partial charge in [0.25, 0.3) is 5.91 Å². The van der Waals surface area contributed by atoms with Gasteiger partial charge in [0.1, 0.15) is 0 Å². The normalized spacial score (nSPS) is 11.2. The molecule has 2 aromatic carbocycles. The molecule has 0 saturated heterocycles. The van der Waals surface area contributed by atoms with Gasteiger partial charge in [0.05, 0.1) is 11.9 Å². The number of thioether (sulfide) groups is 1. The van der Waals surface area contributed by atoms with Gasteiger partial charge in [0.2, 0.25) is 10.0 Å². The average Bonchev–Trinajstić information content (AvgIpc) is 2.53. The van der Waals surface area contributed by atoms with Crippen molar-refractivity contribution >= 4 is 45.0 Å². The first-order chi connectivity index (χ1) is 11.7. The van der Waals surface area contributed by atoms with E-state index in [0.717, 1.165) is 16.9 Å². The van der Waals surface area contributed by atoms with Gasteiger partial charge in [-0.25, -0.2) is 8.42 Å². The van der Waals surface area contributed by atoms with Crippen molar-refractivity contribution in [3.63, 3.8) is 0 Å². The van der Waals surface area contributed by atoms with Gasteiger partial charge >= 0.3 is 0 Å². The fraction of sp³-hybridized carbons (Fsp3) is 0.235. The van der Waals surface area contributed by atoms with Crippen LogP contribution in [-0.4, -0.2) is 32.9 Å².